The molecular weight excluding hydrogens is 470 g/mol. The molecule has 0 N–H and O–H groups in total. The third-order valence-corrected chi connectivity index (χ3v) is 7.25. The predicted molar refractivity (Wildman–Crippen MR) is 147 cm³/mol. The maximum absolute atomic E-state index is 11.6. The highest BCUT2D eigenvalue weighted by Crippen LogP contribution is 2.28. The average molecular weight is 506 g/mol. The molecule has 3 aromatic rings. The normalized spacial score (nSPS) is 12.4. The Morgan fingerprint density at radius 1 is 0.889 bits per heavy atom. The van der Waals surface area contributed by atoms with Crippen molar-refractivity contribution >= 4 is 10.8 Å². The van der Waals surface area contributed by atoms with Crippen molar-refractivity contribution in [3.05, 3.63) is 82.9 Å². The lowest BCUT2D eigenvalue weighted by atomic mass is 9.99. The summed E-state index contributed by atoms with van der Waals surface area (Å²) >= 11 is 0. The zero-order valence-corrected chi connectivity index (χ0v) is 22.8. The summed E-state index contributed by atoms with van der Waals surface area (Å²) in [6.45, 7) is 3.14. The van der Waals surface area contributed by atoms with Crippen molar-refractivity contribution in [2.45, 2.75) is 30.7 Å². The molecule has 0 aromatic heterocycles. The zero-order chi connectivity index (χ0) is 26.1. The summed E-state index contributed by atoms with van der Waals surface area (Å²) in [5, 5.41) is 0. The molecule has 0 saturated carbocycles. The fraction of sp³-hybridized carbons (Fsp3) is 0.333. The summed E-state index contributed by atoms with van der Waals surface area (Å²) in [6.07, 6.45) is 3.43. The van der Waals surface area contributed by atoms with Crippen molar-refractivity contribution in [3.63, 3.8) is 0 Å². The van der Waals surface area contributed by atoms with Gasteiger partial charge in [-0.25, -0.2) is 0 Å². The first-order chi connectivity index (χ1) is 17.3. The Balaban J connectivity index is 1.71. The van der Waals surface area contributed by atoms with Gasteiger partial charge in [-0.15, -0.1) is 0 Å². The molecular formula is C30H35NO4S. The van der Waals surface area contributed by atoms with Gasteiger partial charge in [-0.3, -0.25) is 4.21 Å². The molecule has 0 heterocycles. The Kier molecular flexibility index (Phi) is 9.98. The van der Waals surface area contributed by atoms with E-state index in [0.29, 0.717) is 6.04 Å². The number of rotatable bonds is 10. The summed E-state index contributed by atoms with van der Waals surface area (Å²) in [6, 6.07) is 20.0. The molecule has 0 amide bonds. The first-order valence-corrected chi connectivity index (χ1v) is 13.4. The number of ether oxygens (including phenoxy) is 3. The first kappa shape index (κ1) is 27.3. The fourth-order valence-corrected chi connectivity index (χ4v) is 4.41. The number of methoxy groups -OCH3 is 3. The molecule has 2 atom stereocenters. The quantitative estimate of drug-likeness (QED) is 0.365. The minimum Gasteiger partial charge on any atom is -0.497 e. The highest BCUT2D eigenvalue weighted by Gasteiger charge is 2.14. The van der Waals surface area contributed by atoms with Crippen LogP contribution in [0.5, 0.6) is 17.2 Å². The summed E-state index contributed by atoms with van der Waals surface area (Å²) in [4.78, 5) is 3.16. The molecule has 0 aliphatic rings. The van der Waals surface area contributed by atoms with E-state index >= 15 is 0 Å². The molecule has 5 nitrogen and oxygen atoms in total. The van der Waals surface area contributed by atoms with E-state index in [1.807, 2.05) is 48.5 Å². The number of nitrogens with zero attached hydrogens (tertiary/aromatic N) is 1. The lowest BCUT2D eigenvalue weighted by molar-refractivity contribution is 0.259. The highest BCUT2D eigenvalue weighted by atomic mass is 32.2. The molecule has 0 spiro atoms. The van der Waals surface area contributed by atoms with Gasteiger partial charge < -0.3 is 19.1 Å². The van der Waals surface area contributed by atoms with Crippen LogP contribution in [0.1, 0.15) is 29.2 Å². The van der Waals surface area contributed by atoms with Gasteiger partial charge in [-0.1, -0.05) is 17.9 Å². The van der Waals surface area contributed by atoms with Gasteiger partial charge in [-0.05, 0) is 92.5 Å². The molecule has 3 rings (SSSR count). The van der Waals surface area contributed by atoms with E-state index in [2.05, 4.69) is 42.8 Å². The Morgan fingerprint density at radius 2 is 1.61 bits per heavy atom. The number of likely N-dealkylation sites (N-methyl/N-ethyl adjacent to an activating group) is 1. The van der Waals surface area contributed by atoms with E-state index < -0.39 is 10.8 Å². The van der Waals surface area contributed by atoms with Gasteiger partial charge >= 0.3 is 0 Å². The van der Waals surface area contributed by atoms with Crippen LogP contribution in [0, 0.1) is 11.8 Å². The zero-order valence-electron chi connectivity index (χ0n) is 22.0. The standard InChI is InChI=1S/C30H35NO4S/c1-22(31(2)18-17-24-10-16-29(34-4)30(20-24)35-5)19-26-21-27(33-3)13-12-25(26)11-7-23-8-14-28(15-9-23)36(6)32/h8-10,12-16,20-22H,17-19H2,1-6H3. The van der Waals surface area contributed by atoms with Crippen molar-refractivity contribution in [1.29, 1.82) is 0 Å². The van der Waals surface area contributed by atoms with Crippen LogP contribution in [-0.4, -0.2) is 56.3 Å². The Labute approximate surface area is 217 Å². The number of benzene rings is 3. The lowest BCUT2D eigenvalue weighted by Gasteiger charge is -2.25. The largest absolute Gasteiger partial charge is 0.497 e. The van der Waals surface area contributed by atoms with Crippen LogP contribution in [0.3, 0.4) is 0 Å². The molecule has 6 heteroatoms. The molecule has 0 bridgehead atoms. The third-order valence-electron chi connectivity index (χ3n) is 6.31. The van der Waals surface area contributed by atoms with E-state index in [4.69, 9.17) is 14.2 Å². The van der Waals surface area contributed by atoms with Gasteiger partial charge in [0.2, 0.25) is 0 Å². The van der Waals surface area contributed by atoms with Crippen molar-refractivity contribution in [1.82, 2.24) is 4.90 Å². The molecule has 0 saturated heterocycles. The summed E-state index contributed by atoms with van der Waals surface area (Å²) in [7, 11) is 6.15. The molecule has 2 unspecified atom stereocenters. The van der Waals surface area contributed by atoms with Crippen molar-refractivity contribution < 1.29 is 18.4 Å². The van der Waals surface area contributed by atoms with E-state index in [1.54, 1.807) is 27.6 Å². The number of hydrogen-bond acceptors (Lipinski definition) is 5. The van der Waals surface area contributed by atoms with Crippen LogP contribution in [0.4, 0.5) is 0 Å². The second kappa shape index (κ2) is 13.2. The van der Waals surface area contributed by atoms with Crippen LogP contribution in [0.25, 0.3) is 0 Å². The first-order valence-electron chi connectivity index (χ1n) is 11.9. The third kappa shape index (κ3) is 7.36. The minimum atomic E-state index is -0.992. The van der Waals surface area contributed by atoms with Crippen LogP contribution in [0.15, 0.2) is 65.6 Å². The van der Waals surface area contributed by atoms with E-state index in [1.165, 1.54) is 5.56 Å². The summed E-state index contributed by atoms with van der Waals surface area (Å²) in [5.74, 6) is 8.90. The maximum atomic E-state index is 11.6. The molecule has 0 aliphatic carbocycles. The van der Waals surface area contributed by atoms with Gasteiger partial charge in [-0.2, -0.15) is 0 Å². The molecule has 0 radical (unpaired) electrons. The Bertz CT molecular complexity index is 1240. The van der Waals surface area contributed by atoms with Gasteiger partial charge in [0.15, 0.2) is 11.5 Å². The number of hydrogen-bond donors (Lipinski definition) is 0. The summed E-state index contributed by atoms with van der Waals surface area (Å²) in [5.41, 5.74) is 4.24. The molecule has 190 valence electrons. The van der Waals surface area contributed by atoms with Crippen LogP contribution >= 0.6 is 0 Å². The smallest absolute Gasteiger partial charge is 0.160 e. The molecule has 36 heavy (non-hydrogen) atoms. The maximum Gasteiger partial charge on any atom is 0.160 e. The SMILES string of the molecule is COc1ccc(C#Cc2ccc(S(C)=O)cc2)c(CC(C)N(C)CCc2ccc(OC)c(OC)c2)c1. The lowest BCUT2D eigenvalue weighted by Crippen LogP contribution is -2.32. The van der Waals surface area contributed by atoms with E-state index in [-0.39, 0.29) is 0 Å². The monoisotopic (exact) mass is 505 g/mol. The highest BCUT2D eigenvalue weighted by molar-refractivity contribution is 7.84. The molecule has 0 aliphatic heterocycles. The fourth-order valence-electron chi connectivity index (χ4n) is 3.89. The van der Waals surface area contributed by atoms with Crippen molar-refractivity contribution in [2.24, 2.45) is 0 Å². The van der Waals surface area contributed by atoms with E-state index in [0.717, 1.165) is 58.2 Å². The second-order valence-electron chi connectivity index (χ2n) is 8.72. The molecule has 3 aromatic carbocycles. The van der Waals surface area contributed by atoms with Crippen LogP contribution < -0.4 is 14.2 Å². The minimum absolute atomic E-state index is 0.302. The van der Waals surface area contributed by atoms with Gasteiger partial charge in [0.25, 0.3) is 0 Å². The van der Waals surface area contributed by atoms with Crippen LogP contribution in [-0.2, 0) is 23.6 Å². The van der Waals surface area contributed by atoms with Gasteiger partial charge in [0.1, 0.15) is 5.75 Å². The van der Waals surface area contributed by atoms with Crippen LogP contribution in [0.2, 0.25) is 0 Å². The van der Waals surface area contributed by atoms with Gasteiger partial charge in [0, 0.05) is 45.7 Å². The summed E-state index contributed by atoms with van der Waals surface area (Å²) < 4.78 is 27.9. The Hall–Kier alpha value is -3.27. The van der Waals surface area contributed by atoms with E-state index in [9.17, 15) is 4.21 Å². The van der Waals surface area contributed by atoms with Gasteiger partial charge in [0.05, 0.1) is 21.3 Å². The Morgan fingerprint density at radius 3 is 2.25 bits per heavy atom. The second-order valence-corrected chi connectivity index (χ2v) is 10.1. The van der Waals surface area contributed by atoms with Crippen molar-refractivity contribution in [2.75, 3.05) is 41.2 Å². The molecule has 0 fully saturated rings. The van der Waals surface area contributed by atoms with Crippen molar-refractivity contribution in [3.8, 4) is 29.1 Å². The predicted octanol–water partition coefficient (Wildman–Crippen LogP) is 4.96. The average Bonchev–Trinajstić information content (AvgIpc) is 2.90. The topological polar surface area (TPSA) is 48.0 Å².